The largest absolute Gasteiger partial charge is 0.306 e. The van der Waals surface area contributed by atoms with E-state index in [2.05, 4.69) is 10.3 Å². The summed E-state index contributed by atoms with van der Waals surface area (Å²) in [5.41, 5.74) is 1.01. The summed E-state index contributed by atoms with van der Waals surface area (Å²) in [6.45, 7) is 0. The summed E-state index contributed by atoms with van der Waals surface area (Å²) >= 11 is 0. The number of nitriles is 1. The maximum Gasteiger partial charge on any atom is 0.256 e. The first-order valence-electron chi connectivity index (χ1n) is 6.43. The molecule has 0 aliphatic heterocycles. The Hall–Kier alpha value is -3.19. The SMILES string of the molecule is N#Cc1ccc(C(=O)Nc2nccc3ccccc23)cc1. The van der Waals surface area contributed by atoms with Gasteiger partial charge in [0, 0.05) is 17.1 Å². The molecule has 3 rings (SSSR count). The normalized spacial score (nSPS) is 10.0. The monoisotopic (exact) mass is 273 g/mol. The van der Waals surface area contributed by atoms with Gasteiger partial charge >= 0.3 is 0 Å². The molecule has 2 aromatic carbocycles. The van der Waals surface area contributed by atoms with Crippen molar-refractivity contribution in [3.05, 3.63) is 71.9 Å². The second-order valence-corrected chi connectivity index (χ2v) is 4.52. The molecule has 100 valence electrons. The number of carbonyl (C=O) groups excluding carboxylic acids is 1. The molecule has 0 saturated carbocycles. The fourth-order valence-electron chi connectivity index (χ4n) is 2.10. The molecule has 0 unspecified atom stereocenters. The van der Waals surface area contributed by atoms with E-state index in [9.17, 15) is 4.79 Å². The number of amides is 1. The van der Waals surface area contributed by atoms with Crippen molar-refractivity contribution in [1.29, 1.82) is 5.26 Å². The van der Waals surface area contributed by atoms with Crippen LogP contribution in [0.5, 0.6) is 0 Å². The van der Waals surface area contributed by atoms with Gasteiger partial charge < -0.3 is 5.32 Å². The molecule has 1 heterocycles. The van der Waals surface area contributed by atoms with Crippen LogP contribution in [-0.4, -0.2) is 10.9 Å². The van der Waals surface area contributed by atoms with Gasteiger partial charge in [0.2, 0.25) is 0 Å². The lowest BCUT2D eigenvalue weighted by Crippen LogP contribution is -2.13. The van der Waals surface area contributed by atoms with Crippen LogP contribution >= 0.6 is 0 Å². The Morgan fingerprint density at radius 2 is 1.81 bits per heavy atom. The summed E-state index contributed by atoms with van der Waals surface area (Å²) in [4.78, 5) is 16.4. The van der Waals surface area contributed by atoms with Crippen LogP contribution in [-0.2, 0) is 0 Å². The highest BCUT2D eigenvalue weighted by Gasteiger charge is 2.09. The van der Waals surface area contributed by atoms with Gasteiger partial charge in [0.25, 0.3) is 5.91 Å². The zero-order valence-electron chi connectivity index (χ0n) is 11.1. The molecule has 0 radical (unpaired) electrons. The Labute approximate surface area is 121 Å². The van der Waals surface area contributed by atoms with Crippen molar-refractivity contribution in [3.8, 4) is 6.07 Å². The zero-order valence-corrected chi connectivity index (χ0v) is 11.1. The van der Waals surface area contributed by atoms with Crippen LogP contribution in [0.15, 0.2) is 60.8 Å². The number of nitrogens with zero attached hydrogens (tertiary/aromatic N) is 2. The van der Waals surface area contributed by atoms with Crippen LogP contribution in [0.25, 0.3) is 10.8 Å². The summed E-state index contributed by atoms with van der Waals surface area (Å²) in [5, 5.41) is 13.5. The van der Waals surface area contributed by atoms with Crippen molar-refractivity contribution < 1.29 is 4.79 Å². The van der Waals surface area contributed by atoms with Crippen molar-refractivity contribution in [1.82, 2.24) is 4.98 Å². The van der Waals surface area contributed by atoms with E-state index in [1.165, 1.54) is 0 Å². The lowest BCUT2D eigenvalue weighted by Gasteiger charge is -2.07. The topological polar surface area (TPSA) is 65.8 Å². The lowest BCUT2D eigenvalue weighted by atomic mass is 10.1. The quantitative estimate of drug-likeness (QED) is 0.778. The van der Waals surface area contributed by atoms with Gasteiger partial charge in [-0.1, -0.05) is 24.3 Å². The molecule has 0 atom stereocenters. The van der Waals surface area contributed by atoms with Crippen LogP contribution in [0.1, 0.15) is 15.9 Å². The van der Waals surface area contributed by atoms with Gasteiger partial charge in [0.05, 0.1) is 11.6 Å². The van der Waals surface area contributed by atoms with E-state index in [0.29, 0.717) is 16.9 Å². The molecule has 0 bridgehead atoms. The predicted molar refractivity (Wildman–Crippen MR) is 80.9 cm³/mol. The van der Waals surface area contributed by atoms with E-state index in [0.717, 1.165) is 10.8 Å². The minimum absolute atomic E-state index is 0.247. The van der Waals surface area contributed by atoms with Crippen LogP contribution in [0.4, 0.5) is 5.82 Å². The standard InChI is InChI=1S/C17H11N3O/c18-11-12-5-7-14(8-6-12)17(21)20-16-15-4-2-1-3-13(15)9-10-19-16/h1-10H,(H,19,20,21). The lowest BCUT2D eigenvalue weighted by molar-refractivity contribution is 0.102. The number of benzene rings is 2. The highest BCUT2D eigenvalue weighted by Crippen LogP contribution is 2.20. The van der Waals surface area contributed by atoms with Crippen LogP contribution in [0, 0.1) is 11.3 Å². The number of hydrogen-bond acceptors (Lipinski definition) is 3. The zero-order chi connectivity index (χ0) is 14.7. The Bertz CT molecular complexity index is 843. The summed E-state index contributed by atoms with van der Waals surface area (Å²) in [5.74, 6) is 0.283. The second-order valence-electron chi connectivity index (χ2n) is 4.52. The van der Waals surface area contributed by atoms with Gasteiger partial charge in [0.15, 0.2) is 0 Å². The smallest absolute Gasteiger partial charge is 0.256 e. The summed E-state index contributed by atoms with van der Waals surface area (Å²) in [6.07, 6.45) is 1.66. The van der Waals surface area contributed by atoms with Gasteiger partial charge in [0.1, 0.15) is 5.82 Å². The summed E-state index contributed by atoms with van der Waals surface area (Å²) in [6, 6.07) is 18.1. The van der Waals surface area contributed by atoms with Gasteiger partial charge in [-0.2, -0.15) is 5.26 Å². The fourth-order valence-corrected chi connectivity index (χ4v) is 2.10. The molecule has 1 N–H and O–H groups in total. The molecule has 0 aliphatic rings. The predicted octanol–water partition coefficient (Wildman–Crippen LogP) is 3.36. The first-order valence-corrected chi connectivity index (χ1v) is 6.43. The number of anilines is 1. The minimum atomic E-state index is -0.247. The molecule has 0 aliphatic carbocycles. The first kappa shape index (κ1) is 12.8. The molecule has 4 heteroatoms. The van der Waals surface area contributed by atoms with E-state index in [4.69, 9.17) is 5.26 Å². The molecule has 1 aromatic heterocycles. The van der Waals surface area contributed by atoms with Crippen molar-refractivity contribution in [2.24, 2.45) is 0 Å². The third-order valence-electron chi connectivity index (χ3n) is 3.18. The molecule has 1 amide bonds. The number of aromatic nitrogens is 1. The number of hydrogen-bond donors (Lipinski definition) is 1. The number of carbonyl (C=O) groups is 1. The molecule has 4 nitrogen and oxygen atoms in total. The summed E-state index contributed by atoms with van der Waals surface area (Å²) in [7, 11) is 0. The number of fused-ring (bicyclic) bond motifs is 1. The second kappa shape index (κ2) is 5.43. The fraction of sp³-hybridized carbons (Fsp3) is 0. The average Bonchev–Trinajstić information content (AvgIpc) is 2.55. The van der Waals surface area contributed by atoms with Crippen molar-refractivity contribution in [2.75, 3.05) is 5.32 Å². The Balaban J connectivity index is 1.91. The molecule has 0 saturated heterocycles. The molecule has 21 heavy (non-hydrogen) atoms. The van der Waals surface area contributed by atoms with E-state index >= 15 is 0 Å². The average molecular weight is 273 g/mol. The van der Waals surface area contributed by atoms with E-state index in [1.54, 1.807) is 30.5 Å². The number of rotatable bonds is 2. The molecule has 0 fully saturated rings. The molecule has 0 spiro atoms. The molecule has 3 aromatic rings. The van der Waals surface area contributed by atoms with Gasteiger partial charge in [-0.25, -0.2) is 4.98 Å². The van der Waals surface area contributed by atoms with E-state index < -0.39 is 0 Å². The molecular weight excluding hydrogens is 262 g/mol. The van der Waals surface area contributed by atoms with Crippen molar-refractivity contribution in [2.45, 2.75) is 0 Å². The minimum Gasteiger partial charge on any atom is -0.306 e. The number of nitrogens with one attached hydrogen (secondary N) is 1. The molecular formula is C17H11N3O. The first-order chi connectivity index (χ1) is 10.3. The highest BCUT2D eigenvalue weighted by molar-refractivity contribution is 6.08. The number of pyridine rings is 1. The van der Waals surface area contributed by atoms with E-state index in [1.807, 2.05) is 36.4 Å². The van der Waals surface area contributed by atoms with Crippen molar-refractivity contribution >= 4 is 22.5 Å². The van der Waals surface area contributed by atoms with Crippen LogP contribution in [0.3, 0.4) is 0 Å². The van der Waals surface area contributed by atoms with Crippen LogP contribution < -0.4 is 5.32 Å². The Kier molecular flexibility index (Phi) is 3.32. The van der Waals surface area contributed by atoms with E-state index in [-0.39, 0.29) is 5.91 Å². The maximum atomic E-state index is 12.2. The Morgan fingerprint density at radius 1 is 1.05 bits per heavy atom. The third kappa shape index (κ3) is 2.58. The highest BCUT2D eigenvalue weighted by atomic mass is 16.1. The van der Waals surface area contributed by atoms with Crippen molar-refractivity contribution in [3.63, 3.8) is 0 Å². The van der Waals surface area contributed by atoms with Gasteiger partial charge in [-0.05, 0) is 35.7 Å². The third-order valence-corrected chi connectivity index (χ3v) is 3.18. The van der Waals surface area contributed by atoms with Crippen LogP contribution in [0.2, 0.25) is 0 Å². The summed E-state index contributed by atoms with van der Waals surface area (Å²) < 4.78 is 0. The van der Waals surface area contributed by atoms with Gasteiger partial charge in [-0.15, -0.1) is 0 Å². The maximum absolute atomic E-state index is 12.2. The Morgan fingerprint density at radius 3 is 2.57 bits per heavy atom. The van der Waals surface area contributed by atoms with Gasteiger partial charge in [-0.3, -0.25) is 4.79 Å².